The van der Waals surface area contributed by atoms with E-state index in [4.69, 9.17) is 5.41 Å². The molecular weight excluding hydrogens is 338 g/mol. The molecule has 0 radical (unpaired) electrons. The molecule has 0 heterocycles. The molecule has 0 saturated carbocycles. The van der Waals surface area contributed by atoms with Crippen LogP contribution in [0.3, 0.4) is 0 Å². The van der Waals surface area contributed by atoms with Crippen molar-refractivity contribution in [2.75, 3.05) is 0 Å². The van der Waals surface area contributed by atoms with Gasteiger partial charge in [0.15, 0.2) is 0 Å². The van der Waals surface area contributed by atoms with Gasteiger partial charge in [-0.3, -0.25) is 0 Å². The zero-order valence-corrected chi connectivity index (χ0v) is 18.2. The minimum Gasteiger partial charge on any atom is -0.305 e. The molecule has 0 bridgehead atoms. The maximum Gasteiger partial charge on any atom is 0.0391 e. The molecule has 1 heteroatoms. The van der Waals surface area contributed by atoms with E-state index in [9.17, 15) is 0 Å². The second-order valence-electron chi connectivity index (χ2n) is 8.38. The third kappa shape index (κ3) is 7.26. The van der Waals surface area contributed by atoms with Gasteiger partial charge in [0.05, 0.1) is 0 Å². The summed E-state index contributed by atoms with van der Waals surface area (Å²) in [5.74, 6) is 1.14. The van der Waals surface area contributed by atoms with Crippen molar-refractivity contribution in [1.29, 1.82) is 5.41 Å². The topological polar surface area (TPSA) is 23.9 Å². The van der Waals surface area contributed by atoms with Crippen LogP contribution in [0.4, 0.5) is 0 Å². The maximum atomic E-state index is 8.82. The first-order chi connectivity index (χ1) is 13.7. The lowest BCUT2D eigenvalue weighted by Gasteiger charge is -2.22. The van der Waals surface area contributed by atoms with E-state index >= 15 is 0 Å². The van der Waals surface area contributed by atoms with E-state index in [2.05, 4.69) is 75.4 Å². The van der Waals surface area contributed by atoms with Gasteiger partial charge in [-0.1, -0.05) is 101 Å². The van der Waals surface area contributed by atoms with Crippen LogP contribution in [0.25, 0.3) is 0 Å². The summed E-state index contributed by atoms with van der Waals surface area (Å²) in [5.41, 5.74) is 4.85. The fourth-order valence-electron chi connectivity index (χ4n) is 4.19. The van der Waals surface area contributed by atoms with Crippen LogP contribution < -0.4 is 0 Å². The molecule has 2 atom stereocenters. The Bertz CT molecular complexity index is 688. The third-order valence-corrected chi connectivity index (χ3v) is 5.84. The summed E-state index contributed by atoms with van der Waals surface area (Å²) in [7, 11) is 0. The maximum absolute atomic E-state index is 8.82. The fourth-order valence-corrected chi connectivity index (χ4v) is 4.19. The van der Waals surface area contributed by atoms with Gasteiger partial charge in [-0.25, -0.2) is 0 Å². The molecule has 152 valence electrons. The van der Waals surface area contributed by atoms with Gasteiger partial charge in [-0.15, -0.1) is 0 Å². The molecule has 0 aromatic heterocycles. The van der Waals surface area contributed by atoms with Crippen LogP contribution in [-0.4, -0.2) is 5.71 Å². The van der Waals surface area contributed by atoms with Crippen LogP contribution in [0.2, 0.25) is 0 Å². The number of rotatable bonds is 13. The number of unbranched alkanes of at least 4 members (excludes halogenated alkanes) is 2. The first-order valence-electron chi connectivity index (χ1n) is 11.4. The summed E-state index contributed by atoms with van der Waals surface area (Å²) in [6.45, 7) is 6.85. The van der Waals surface area contributed by atoms with Crippen molar-refractivity contribution in [3.63, 3.8) is 0 Å². The van der Waals surface area contributed by atoms with Gasteiger partial charge in [-0.05, 0) is 60.6 Å². The summed E-state index contributed by atoms with van der Waals surface area (Å²) >= 11 is 0. The molecule has 0 aliphatic heterocycles. The molecule has 28 heavy (non-hydrogen) atoms. The lowest BCUT2D eigenvalue weighted by molar-refractivity contribution is 0.527. The Morgan fingerprint density at radius 3 is 2.25 bits per heavy atom. The summed E-state index contributed by atoms with van der Waals surface area (Å²) < 4.78 is 0. The van der Waals surface area contributed by atoms with Gasteiger partial charge in [0.25, 0.3) is 0 Å². The zero-order chi connectivity index (χ0) is 20.2. The predicted octanol–water partition coefficient (Wildman–Crippen LogP) is 8.18. The van der Waals surface area contributed by atoms with Crippen LogP contribution in [0, 0.1) is 11.3 Å². The number of benzene rings is 2. The summed E-state index contributed by atoms with van der Waals surface area (Å²) in [4.78, 5) is 0. The molecule has 0 amide bonds. The largest absolute Gasteiger partial charge is 0.305 e. The van der Waals surface area contributed by atoms with Gasteiger partial charge in [0.2, 0.25) is 0 Å². The minimum atomic E-state index is 0.533. The zero-order valence-electron chi connectivity index (χ0n) is 18.2. The summed E-state index contributed by atoms with van der Waals surface area (Å²) in [6, 6.07) is 19.5. The van der Waals surface area contributed by atoms with Gasteiger partial charge in [-0.2, -0.15) is 0 Å². The molecule has 2 aromatic rings. The van der Waals surface area contributed by atoms with E-state index < -0.39 is 0 Å². The average molecular weight is 378 g/mol. The van der Waals surface area contributed by atoms with E-state index in [0.29, 0.717) is 11.8 Å². The summed E-state index contributed by atoms with van der Waals surface area (Å²) in [5, 5.41) is 8.82. The molecule has 2 rings (SSSR count). The van der Waals surface area contributed by atoms with Crippen LogP contribution >= 0.6 is 0 Å². The highest BCUT2D eigenvalue weighted by Gasteiger charge is 2.18. The highest BCUT2D eigenvalue weighted by atomic mass is 14.4. The quantitative estimate of drug-likeness (QED) is 0.269. The van der Waals surface area contributed by atoms with Crippen molar-refractivity contribution in [3.05, 3.63) is 71.3 Å². The minimum absolute atomic E-state index is 0.533. The molecule has 1 nitrogen and oxygen atoms in total. The van der Waals surface area contributed by atoms with Gasteiger partial charge in [0.1, 0.15) is 0 Å². The second kappa shape index (κ2) is 12.5. The normalized spacial score (nSPS) is 13.2. The van der Waals surface area contributed by atoms with Crippen LogP contribution in [0.1, 0.15) is 94.7 Å². The van der Waals surface area contributed by atoms with E-state index in [1.165, 1.54) is 55.2 Å². The molecule has 0 fully saturated rings. The van der Waals surface area contributed by atoms with Crippen molar-refractivity contribution in [3.8, 4) is 0 Å². The number of aryl methyl sites for hydroxylation is 1. The highest BCUT2D eigenvalue weighted by Crippen LogP contribution is 2.31. The highest BCUT2D eigenvalue weighted by molar-refractivity contribution is 5.99. The number of hydrogen-bond acceptors (Lipinski definition) is 1. The molecule has 1 N–H and O–H groups in total. The van der Waals surface area contributed by atoms with E-state index in [0.717, 1.165) is 25.0 Å². The van der Waals surface area contributed by atoms with Crippen molar-refractivity contribution in [2.24, 2.45) is 5.92 Å². The first-order valence-corrected chi connectivity index (χ1v) is 11.4. The van der Waals surface area contributed by atoms with E-state index in [1.807, 2.05) is 0 Å². The Hall–Kier alpha value is -1.89. The van der Waals surface area contributed by atoms with Crippen molar-refractivity contribution in [1.82, 2.24) is 0 Å². The number of hydrogen-bond donors (Lipinski definition) is 1. The third-order valence-electron chi connectivity index (χ3n) is 5.84. The van der Waals surface area contributed by atoms with Crippen LogP contribution in [0.15, 0.2) is 54.6 Å². The van der Waals surface area contributed by atoms with E-state index in [1.54, 1.807) is 0 Å². The second-order valence-corrected chi connectivity index (χ2v) is 8.38. The van der Waals surface area contributed by atoms with Crippen molar-refractivity contribution in [2.45, 2.75) is 84.5 Å². The molecule has 2 aromatic carbocycles. The lowest BCUT2D eigenvalue weighted by Crippen LogP contribution is -2.12. The SMILES string of the molecule is CCCCCC(CCC)c1ccccc1C(=N)CC(C)CCc1ccccc1. The molecular formula is C27H39N. The fraction of sp³-hybridized carbons (Fsp3) is 0.519. The first kappa shape index (κ1) is 22.4. The molecule has 0 saturated heterocycles. The lowest BCUT2D eigenvalue weighted by atomic mass is 9.83. The predicted molar refractivity (Wildman–Crippen MR) is 124 cm³/mol. The van der Waals surface area contributed by atoms with E-state index in [-0.39, 0.29) is 0 Å². The molecule has 0 spiro atoms. The van der Waals surface area contributed by atoms with Gasteiger partial charge < -0.3 is 5.41 Å². The van der Waals surface area contributed by atoms with Crippen LogP contribution in [0.5, 0.6) is 0 Å². The smallest absolute Gasteiger partial charge is 0.0391 e. The molecule has 0 aliphatic carbocycles. The Morgan fingerprint density at radius 1 is 0.821 bits per heavy atom. The standard InChI is InChI=1S/C27H39N/c1-4-6-8-16-24(13-5-2)25-17-11-12-18-26(25)27(28)21-22(3)19-20-23-14-9-7-10-15-23/h7,9-12,14-15,17-18,22,24,28H,4-6,8,13,16,19-21H2,1-3H3. The van der Waals surface area contributed by atoms with Crippen LogP contribution in [-0.2, 0) is 6.42 Å². The Kier molecular flexibility index (Phi) is 10.0. The Labute approximate surface area is 173 Å². The average Bonchev–Trinajstić information content (AvgIpc) is 2.72. The van der Waals surface area contributed by atoms with Crippen molar-refractivity contribution < 1.29 is 0 Å². The monoisotopic (exact) mass is 377 g/mol. The van der Waals surface area contributed by atoms with Crippen molar-refractivity contribution >= 4 is 5.71 Å². The Balaban J connectivity index is 2.01. The molecule has 0 aliphatic rings. The Morgan fingerprint density at radius 2 is 1.54 bits per heavy atom. The summed E-state index contributed by atoms with van der Waals surface area (Å²) in [6.07, 6.45) is 10.7. The van der Waals surface area contributed by atoms with Gasteiger partial charge in [0, 0.05) is 5.71 Å². The number of nitrogens with one attached hydrogen (secondary N) is 1. The van der Waals surface area contributed by atoms with Gasteiger partial charge >= 0.3 is 0 Å². The molecule has 2 unspecified atom stereocenters.